The Hall–Kier alpha value is -2.75. The molecule has 1 aliphatic rings. The van der Waals surface area contributed by atoms with Crippen LogP contribution in [-0.4, -0.2) is 31.6 Å². The van der Waals surface area contributed by atoms with E-state index in [0.29, 0.717) is 25.1 Å². The molecule has 136 valence electrons. The van der Waals surface area contributed by atoms with E-state index in [2.05, 4.69) is 18.7 Å². The molecule has 4 nitrogen and oxygen atoms in total. The van der Waals surface area contributed by atoms with Crippen molar-refractivity contribution >= 4 is 5.91 Å². The van der Waals surface area contributed by atoms with Crippen LogP contribution in [0, 0.1) is 0 Å². The molecular formula is C22H25NO3. The third kappa shape index (κ3) is 3.45. The standard InChI is InChI=1S/C22H25NO3/c1-4-5-11-21(24)23-13-12-17-14-19(25-2)20(26-3)15-18(17)22(23)16-9-7-6-8-10-16/h4,6-10,14-15,22H,1,5,11-13H2,2-3H3. The molecule has 0 aromatic heterocycles. The third-order valence-electron chi connectivity index (χ3n) is 4.87. The van der Waals surface area contributed by atoms with Gasteiger partial charge in [0.1, 0.15) is 0 Å². The Balaban J connectivity index is 2.08. The zero-order valence-electron chi connectivity index (χ0n) is 15.4. The number of amides is 1. The Morgan fingerprint density at radius 3 is 2.54 bits per heavy atom. The van der Waals surface area contributed by atoms with Crippen LogP contribution in [0.25, 0.3) is 0 Å². The summed E-state index contributed by atoms with van der Waals surface area (Å²) in [5.41, 5.74) is 3.41. The van der Waals surface area contributed by atoms with Crippen LogP contribution in [-0.2, 0) is 11.2 Å². The van der Waals surface area contributed by atoms with Crippen LogP contribution in [0.5, 0.6) is 11.5 Å². The van der Waals surface area contributed by atoms with Gasteiger partial charge in [-0.15, -0.1) is 6.58 Å². The van der Waals surface area contributed by atoms with Crippen molar-refractivity contribution in [2.75, 3.05) is 20.8 Å². The van der Waals surface area contributed by atoms with Crippen molar-refractivity contribution in [3.05, 3.63) is 71.8 Å². The summed E-state index contributed by atoms with van der Waals surface area (Å²) < 4.78 is 11.0. The lowest BCUT2D eigenvalue weighted by atomic mass is 9.87. The van der Waals surface area contributed by atoms with Gasteiger partial charge < -0.3 is 14.4 Å². The van der Waals surface area contributed by atoms with Gasteiger partial charge in [-0.25, -0.2) is 0 Å². The molecule has 0 saturated heterocycles. The molecule has 1 heterocycles. The van der Waals surface area contributed by atoms with E-state index >= 15 is 0 Å². The second-order valence-corrected chi connectivity index (χ2v) is 6.38. The summed E-state index contributed by atoms with van der Waals surface area (Å²) in [4.78, 5) is 14.8. The number of carbonyl (C=O) groups excluding carboxylic acids is 1. The largest absolute Gasteiger partial charge is 0.493 e. The maximum absolute atomic E-state index is 12.9. The first-order chi connectivity index (χ1) is 12.7. The van der Waals surface area contributed by atoms with Crippen LogP contribution >= 0.6 is 0 Å². The van der Waals surface area contributed by atoms with E-state index in [4.69, 9.17) is 9.47 Å². The topological polar surface area (TPSA) is 38.8 Å². The average Bonchev–Trinajstić information content (AvgIpc) is 2.70. The zero-order chi connectivity index (χ0) is 18.5. The number of fused-ring (bicyclic) bond motifs is 1. The highest BCUT2D eigenvalue weighted by molar-refractivity contribution is 5.78. The molecule has 0 spiro atoms. The van der Waals surface area contributed by atoms with Crippen LogP contribution in [0.2, 0.25) is 0 Å². The minimum atomic E-state index is -0.114. The number of allylic oxidation sites excluding steroid dienone is 1. The molecule has 26 heavy (non-hydrogen) atoms. The Morgan fingerprint density at radius 1 is 1.19 bits per heavy atom. The van der Waals surface area contributed by atoms with Crippen molar-refractivity contribution in [1.82, 2.24) is 4.90 Å². The van der Waals surface area contributed by atoms with Gasteiger partial charge in [0.25, 0.3) is 0 Å². The first kappa shape index (κ1) is 18.1. The molecule has 0 bridgehead atoms. The van der Waals surface area contributed by atoms with E-state index in [9.17, 15) is 4.79 Å². The average molecular weight is 351 g/mol. The molecule has 0 aliphatic carbocycles. The van der Waals surface area contributed by atoms with Crippen molar-refractivity contribution in [1.29, 1.82) is 0 Å². The van der Waals surface area contributed by atoms with Gasteiger partial charge in [-0.3, -0.25) is 4.79 Å². The molecule has 2 aromatic rings. The number of carbonyl (C=O) groups is 1. The van der Waals surface area contributed by atoms with E-state index in [1.165, 1.54) is 5.56 Å². The Labute approximate surface area is 155 Å². The van der Waals surface area contributed by atoms with E-state index in [1.807, 2.05) is 35.2 Å². The van der Waals surface area contributed by atoms with E-state index in [0.717, 1.165) is 23.3 Å². The van der Waals surface area contributed by atoms with Gasteiger partial charge in [0, 0.05) is 13.0 Å². The molecule has 3 rings (SSSR count). The fourth-order valence-corrected chi connectivity index (χ4v) is 3.58. The second kappa shape index (κ2) is 8.09. The predicted molar refractivity (Wildman–Crippen MR) is 103 cm³/mol. The summed E-state index contributed by atoms with van der Waals surface area (Å²) in [5, 5.41) is 0. The van der Waals surface area contributed by atoms with Crippen molar-refractivity contribution in [3.8, 4) is 11.5 Å². The van der Waals surface area contributed by atoms with Crippen LogP contribution in [0.4, 0.5) is 0 Å². The number of rotatable bonds is 6. The molecule has 1 unspecified atom stereocenters. The highest BCUT2D eigenvalue weighted by atomic mass is 16.5. The monoisotopic (exact) mass is 351 g/mol. The molecule has 0 radical (unpaired) electrons. The van der Waals surface area contributed by atoms with Gasteiger partial charge in [-0.2, -0.15) is 0 Å². The number of ether oxygens (including phenoxy) is 2. The molecule has 2 aromatic carbocycles. The number of methoxy groups -OCH3 is 2. The summed E-state index contributed by atoms with van der Waals surface area (Å²) >= 11 is 0. The molecule has 0 fully saturated rings. The molecule has 4 heteroatoms. The lowest BCUT2D eigenvalue weighted by molar-refractivity contribution is -0.133. The van der Waals surface area contributed by atoms with Gasteiger partial charge in [-0.05, 0) is 41.7 Å². The fraction of sp³-hybridized carbons (Fsp3) is 0.318. The first-order valence-electron chi connectivity index (χ1n) is 8.89. The van der Waals surface area contributed by atoms with Crippen molar-refractivity contribution < 1.29 is 14.3 Å². The molecule has 0 saturated carbocycles. The Morgan fingerprint density at radius 2 is 1.88 bits per heavy atom. The van der Waals surface area contributed by atoms with Gasteiger partial charge in [0.05, 0.1) is 20.3 Å². The maximum Gasteiger partial charge on any atom is 0.223 e. The summed E-state index contributed by atoms with van der Waals surface area (Å²) in [6.45, 7) is 4.42. The second-order valence-electron chi connectivity index (χ2n) is 6.38. The van der Waals surface area contributed by atoms with Crippen LogP contribution in [0.15, 0.2) is 55.1 Å². The maximum atomic E-state index is 12.9. The van der Waals surface area contributed by atoms with E-state index in [1.54, 1.807) is 20.3 Å². The Kier molecular flexibility index (Phi) is 5.61. The number of hydrogen-bond acceptors (Lipinski definition) is 3. The van der Waals surface area contributed by atoms with Crippen LogP contribution in [0.1, 0.15) is 35.6 Å². The lowest BCUT2D eigenvalue weighted by Gasteiger charge is -2.38. The Bertz CT molecular complexity index is 785. The smallest absolute Gasteiger partial charge is 0.223 e. The minimum Gasteiger partial charge on any atom is -0.493 e. The SMILES string of the molecule is C=CCCC(=O)N1CCc2cc(OC)c(OC)cc2C1c1ccccc1. The zero-order valence-corrected chi connectivity index (χ0v) is 15.4. The van der Waals surface area contributed by atoms with Gasteiger partial charge in [-0.1, -0.05) is 36.4 Å². The van der Waals surface area contributed by atoms with Crippen molar-refractivity contribution in [3.63, 3.8) is 0 Å². The van der Waals surface area contributed by atoms with E-state index < -0.39 is 0 Å². The molecule has 1 aliphatic heterocycles. The number of nitrogens with zero attached hydrogens (tertiary/aromatic N) is 1. The minimum absolute atomic E-state index is 0.114. The summed E-state index contributed by atoms with van der Waals surface area (Å²) in [7, 11) is 3.28. The van der Waals surface area contributed by atoms with E-state index in [-0.39, 0.29) is 11.9 Å². The van der Waals surface area contributed by atoms with Crippen LogP contribution in [0.3, 0.4) is 0 Å². The van der Waals surface area contributed by atoms with Gasteiger partial charge in [0.2, 0.25) is 5.91 Å². The summed E-state index contributed by atoms with van der Waals surface area (Å²) in [6, 6.07) is 14.1. The third-order valence-corrected chi connectivity index (χ3v) is 4.87. The number of hydrogen-bond donors (Lipinski definition) is 0. The van der Waals surface area contributed by atoms with Gasteiger partial charge >= 0.3 is 0 Å². The molecule has 1 atom stereocenters. The first-order valence-corrected chi connectivity index (χ1v) is 8.89. The lowest BCUT2D eigenvalue weighted by Crippen LogP contribution is -2.40. The summed E-state index contributed by atoms with van der Waals surface area (Å²) in [6.07, 6.45) is 3.77. The molecular weight excluding hydrogens is 326 g/mol. The molecule has 0 N–H and O–H groups in total. The van der Waals surface area contributed by atoms with Gasteiger partial charge in [0.15, 0.2) is 11.5 Å². The van der Waals surface area contributed by atoms with Crippen molar-refractivity contribution in [2.24, 2.45) is 0 Å². The highest BCUT2D eigenvalue weighted by Gasteiger charge is 2.32. The van der Waals surface area contributed by atoms with Crippen LogP contribution < -0.4 is 9.47 Å². The quantitative estimate of drug-likeness (QED) is 0.734. The fourth-order valence-electron chi connectivity index (χ4n) is 3.58. The normalized spacial score (nSPS) is 15.9. The highest BCUT2D eigenvalue weighted by Crippen LogP contribution is 2.41. The predicted octanol–water partition coefficient (Wildman–Crippen LogP) is 4.14. The van der Waals surface area contributed by atoms with Crippen molar-refractivity contribution in [2.45, 2.75) is 25.3 Å². The molecule has 1 amide bonds. The summed E-state index contributed by atoms with van der Waals surface area (Å²) in [5.74, 6) is 1.57. The number of benzene rings is 2.